The molecule has 6 heteroatoms. The zero-order valence-electron chi connectivity index (χ0n) is 19.2. The zero-order chi connectivity index (χ0) is 23.0. The number of piperidine rings is 1. The number of aliphatic hydroxyl groups excluding tert-OH is 2. The fraction of sp³-hybridized carbons (Fsp3) is 0.538. The number of nitrogens with zero attached hydrogens (tertiary/aromatic N) is 1. The van der Waals surface area contributed by atoms with Crippen molar-refractivity contribution in [3.8, 4) is 11.5 Å². The van der Waals surface area contributed by atoms with Crippen LogP contribution in [0.2, 0.25) is 0 Å². The summed E-state index contributed by atoms with van der Waals surface area (Å²) < 4.78 is 11.4. The molecule has 1 heterocycles. The number of rotatable bonds is 11. The Morgan fingerprint density at radius 2 is 1.28 bits per heavy atom. The van der Waals surface area contributed by atoms with Gasteiger partial charge in [-0.25, -0.2) is 0 Å². The van der Waals surface area contributed by atoms with Crippen molar-refractivity contribution < 1.29 is 19.7 Å². The molecule has 0 radical (unpaired) electrons. The lowest BCUT2D eigenvalue weighted by atomic mass is 9.78. The molecule has 5 nitrogen and oxygen atoms in total. The first kappa shape index (κ1) is 24.8. The molecule has 1 saturated heterocycles. The van der Waals surface area contributed by atoms with Gasteiger partial charge in [0.1, 0.15) is 36.9 Å². The lowest BCUT2D eigenvalue weighted by molar-refractivity contribution is 0.0617. The molecule has 0 spiro atoms. The van der Waals surface area contributed by atoms with E-state index < -0.39 is 12.2 Å². The third-order valence-corrected chi connectivity index (χ3v) is 6.49. The number of benzene rings is 2. The molecule has 1 aliphatic heterocycles. The minimum absolute atomic E-state index is 0.155. The Morgan fingerprint density at radius 3 is 1.75 bits per heavy atom. The lowest BCUT2D eigenvalue weighted by Gasteiger charge is -2.28. The fourth-order valence-electron chi connectivity index (χ4n) is 4.02. The molecular formula is C26H36ClNO4. The molecule has 0 aliphatic carbocycles. The van der Waals surface area contributed by atoms with E-state index in [2.05, 4.69) is 30.9 Å². The van der Waals surface area contributed by atoms with Gasteiger partial charge in [-0.1, -0.05) is 44.5 Å². The molecule has 2 N–H and O–H groups in total. The van der Waals surface area contributed by atoms with Crippen molar-refractivity contribution in [3.63, 3.8) is 0 Å². The van der Waals surface area contributed by atoms with Crippen molar-refractivity contribution in [3.05, 3.63) is 59.7 Å². The molecule has 0 saturated carbocycles. The Kier molecular flexibility index (Phi) is 9.23. The normalized spacial score (nSPS) is 17.0. The van der Waals surface area contributed by atoms with E-state index >= 15 is 0 Å². The Hall–Kier alpha value is -1.79. The SMILES string of the molecule is CC(C)(c1ccc(OC[C@@H](O)CCl)cc1)c1ccc(OC[C@H](O)CN2CCCCC2)cc1. The van der Waals surface area contributed by atoms with Gasteiger partial charge in [0, 0.05) is 12.0 Å². The summed E-state index contributed by atoms with van der Waals surface area (Å²) in [5.41, 5.74) is 2.14. The molecule has 1 aliphatic rings. The molecule has 176 valence electrons. The Labute approximate surface area is 196 Å². The number of halogens is 1. The van der Waals surface area contributed by atoms with E-state index in [0.29, 0.717) is 18.9 Å². The molecule has 2 atom stereocenters. The average molecular weight is 462 g/mol. The van der Waals surface area contributed by atoms with Crippen molar-refractivity contribution >= 4 is 11.6 Å². The largest absolute Gasteiger partial charge is 0.491 e. The summed E-state index contributed by atoms with van der Waals surface area (Å²) in [4.78, 5) is 2.32. The van der Waals surface area contributed by atoms with Gasteiger partial charge in [0.15, 0.2) is 0 Å². The molecule has 1 fully saturated rings. The highest BCUT2D eigenvalue weighted by molar-refractivity contribution is 6.18. The van der Waals surface area contributed by atoms with Crippen molar-refractivity contribution in [2.75, 3.05) is 38.7 Å². The van der Waals surface area contributed by atoms with Crippen molar-refractivity contribution in [2.45, 2.75) is 50.7 Å². The summed E-state index contributed by atoms with van der Waals surface area (Å²) in [6.07, 6.45) is 2.59. The molecule has 2 aromatic rings. The molecule has 2 aromatic carbocycles. The predicted molar refractivity (Wildman–Crippen MR) is 129 cm³/mol. The first-order valence-corrected chi connectivity index (χ1v) is 12.0. The number of ether oxygens (including phenoxy) is 2. The van der Waals surface area contributed by atoms with Crippen LogP contribution >= 0.6 is 11.6 Å². The van der Waals surface area contributed by atoms with Crippen molar-refractivity contribution in [2.24, 2.45) is 0 Å². The standard InChI is InChI=1S/C26H36ClNO4/c1-26(2,20-6-10-24(11-7-20)31-18-22(29)16-27)21-8-12-25(13-9-21)32-19-23(30)17-28-14-4-3-5-15-28/h6-13,22-23,29-30H,3-5,14-19H2,1-2H3/t22-,23+/m0/s1. The van der Waals surface area contributed by atoms with E-state index in [1.807, 2.05) is 36.4 Å². The lowest BCUT2D eigenvalue weighted by Crippen LogP contribution is -2.38. The Morgan fingerprint density at radius 1 is 0.812 bits per heavy atom. The van der Waals surface area contributed by atoms with Gasteiger partial charge in [-0.15, -0.1) is 11.6 Å². The second-order valence-electron chi connectivity index (χ2n) is 9.12. The molecule has 0 aromatic heterocycles. The van der Waals surface area contributed by atoms with Crippen LogP contribution in [-0.2, 0) is 5.41 Å². The van der Waals surface area contributed by atoms with Crippen LogP contribution < -0.4 is 9.47 Å². The van der Waals surface area contributed by atoms with Gasteiger partial charge >= 0.3 is 0 Å². The van der Waals surface area contributed by atoms with Gasteiger partial charge in [0.05, 0.1) is 5.88 Å². The van der Waals surface area contributed by atoms with Crippen LogP contribution in [0.3, 0.4) is 0 Å². The number of likely N-dealkylation sites (tertiary alicyclic amines) is 1. The minimum atomic E-state index is -0.667. The quantitative estimate of drug-likeness (QED) is 0.491. The summed E-state index contributed by atoms with van der Waals surface area (Å²) in [7, 11) is 0. The van der Waals surface area contributed by atoms with Crippen LogP contribution in [-0.4, -0.2) is 66.0 Å². The third-order valence-electron chi connectivity index (χ3n) is 6.13. The maximum Gasteiger partial charge on any atom is 0.119 e. The summed E-state index contributed by atoms with van der Waals surface area (Å²) in [5.74, 6) is 1.63. The van der Waals surface area contributed by atoms with E-state index in [1.165, 1.54) is 24.8 Å². The number of aliphatic hydroxyl groups is 2. The second kappa shape index (κ2) is 11.9. The highest BCUT2D eigenvalue weighted by Crippen LogP contribution is 2.33. The van der Waals surface area contributed by atoms with Crippen LogP contribution in [0.4, 0.5) is 0 Å². The smallest absolute Gasteiger partial charge is 0.119 e. The first-order valence-electron chi connectivity index (χ1n) is 11.5. The highest BCUT2D eigenvalue weighted by atomic mass is 35.5. The van der Waals surface area contributed by atoms with Gasteiger partial charge < -0.3 is 24.6 Å². The number of β-amino-alcohol motifs (C(OH)–C–C–N with tert-alkyl or cyclic N) is 1. The Bertz CT molecular complexity index is 804. The number of hydrogen-bond donors (Lipinski definition) is 2. The van der Waals surface area contributed by atoms with E-state index in [1.54, 1.807) is 0 Å². The molecular weight excluding hydrogens is 426 g/mol. The maximum atomic E-state index is 10.3. The van der Waals surface area contributed by atoms with Crippen LogP contribution in [0, 0.1) is 0 Å². The number of hydrogen-bond acceptors (Lipinski definition) is 5. The monoisotopic (exact) mass is 461 g/mol. The Balaban J connectivity index is 1.53. The third kappa shape index (κ3) is 7.11. The highest BCUT2D eigenvalue weighted by Gasteiger charge is 2.23. The fourth-order valence-corrected chi connectivity index (χ4v) is 4.11. The van der Waals surface area contributed by atoms with E-state index in [0.717, 1.165) is 24.4 Å². The second-order valence-corrected chi connectivity index (χ2v) is 9.43. The van der Waals surface area contributed by atoms with Gasteiger partial charge in [-0.3, -0.25) is 0 Å². The van der Waals surface area contributed by atoms with Gasteiger partial charge in [0.25, 0.3) is 0 Å². The molecule has 32 heavy (non-hydrogen) atoms. The molecule has 0 amide bonds. The van der Waals surface area contributed by atoms with Crippen molar-refractivity contribution in [1.82, 2.24) is 4.90 Å². The zero-order valence-corrected chi connectivity index (χ0v) is 19.9. The minimum Gasteiger partial charge on any atom is -0.491 e. The average Bonchev–Trinajstić information content (AvgIpc) is 2.82. The molecule has 0 bridgehead atoms. The number of alkyl halides is 1. The van der Waals surface area contributed by atoms with Crippen LogP contribution in [0.25, 0.3) is 0 Å². The maximum absolute atomic E-state index is 10.3. The topological polar surface area (TPSA) is 62.2 Å². The van der Waals surface area contributed by atoms with Gasteiger partial charge in [0.2, 0.25) is 0 Å². The molecule has 3 rings (SSSR count). The first-order chi connectivity index (χ1) is 15.4. The van der Waals surface area contributed by atoms with E-state index in [-0.39, 0.29) is 17.9 Å². The van der Waals surface area contributed by atoms with Crippen LogP contribution in [0.15, 0.2) is 48.5 Å². The predicted octanol–water partition coefficient (Wildman–Crippen LogP) is 4.22. The van der Waals surface area contributed by atoms with Gasteiger partial charge in [-0.05, 0) is 61.3 Å². The summed E-state index contributed by atoms with van der Waals surface area (Å²) >= 11 is 5.60. The van der Waals surface area contributed by atoms with E-state index in [4.69, 9.17) is 21.1 Å². The van der Waals surface area contributed by atoms with E-state index in [9.17, 15) is 10.2 Å². The van der Waals surface area contributed by atoms with Crippen LogP contribution in [0.5, 0.6) is 11.5 Å². The summed E-state index contributed by atoms with van der Waals surface area (Å²) in [5, 5.41) is 19.8. The van der Waals surface area contributed by atoms with Crippen molar-refractivity contribution in [1.29, 1.82) is 0 Å². The summed E-state index contributed by atoms with van der Waals surface area (Å²) in [6.45, 7) is 7.67. The molecule has 0 unspecified atom stereocenters. The summed E-state index contributed by atoms with van der Waals surface area (Å²) in [6, 6.07) is 16.0. The van der Waals surface area contributed by atoms with Gasteiger partial charge in [-0.2, -0.15) is 0 Å². The van der Waals surface area contributed by atoms with Crippen LogP contribution in [0.1, 0.15) is 44.2 Å².